The van der Waals surface area contributed by atoms with Crippen molar-refractivity contribution >= 4 is 0 Å². The molecule has 0 amide bonds. The zero-order valence-electron chi connectivity index (χ0n) is 12.2. The molecule has 1 aromatic heterocycles. The van der Waals surface area contributed by atoms with Crippen molar-refractivity contribution in [2.45, 2.75) is 52.5 Å². The monoisotopic (exact) mass is 249 g/mol. The minimum absolute atomic E-state index is 0.477. The van der Waals surface area contributed by atoms with Crippen molar-refractivity contribution in [3.63, 3.8) is 0 Å². The molecule has 3 nitrogen and oxygen atoms in total. The molecule has 1 aliphatic carbocycles. The normalized spacial score (nSPS) is 26.2. The fourth-order valence-electron chi connectivity index (χ4n) is 3.49. The van der Waals surface area contributed by atoms with Gasteiger partial charge in [0.1, 0.15) is 0 Å². The second-order valence-electron chi connectivity index (χ2n) is 5.90. The molecular formula is C15H27N3. The lowest BCUT2D eigenvalue weighted by Crippen LogP contribution is -2.33. The maximum atomic E-state index is 4.41. The Morgan fingerprint density at radius 2 is 2.28 bits per heavy atom. The van der Waals surface area contributed by atoms with Crippen LogP contribution in [0.4, 0.5) is 0 Å². The average molecular weight is 249 g/mol. The third-order valence-electron chi connectivity index (χ3n) is 4.34. The van der Waals surface area contributed by atoms with Gasteiger partial charge in [-0.25, -0.2) is 0 Å². The summed E-state index contributed by atoms with van der Waals surface area (Å²) in [6, 6.07) is 0.477. The van der Waals surface area contributed by atoms with Crippen LogP contribution in [0.5, 0.6) is 0 Å². The second kappa shape index (κ2) is 5.87. The molecule has 1 aliphatic rings. The molecule has 1 N–H and O–H groups in total. The van der Waals surface area contributed by atoms with Gasteiger partial charge in [0.25, 0.3) is 0 Å². The molecule has 0 bridgehead atoms. The van der Waals surface area contributed by atoms with E-state index in [9.17, 15) is 0 Å². The number of hydrogen-bond acceptors (Lipinski definition) is 2. The largest absolute Gasteiger partial charge is 0.309 e. The molecule has 3 atom stereocenters. The van der Waals surface area contributed by atoms with Crippen LogP contribution in [-0.2, 0) is 7.05 Å². The van der Waals surface area contributed by atoms with Crippen LogP contribution in [0.15, 0.2) is 6.20 Å². The minimum atomic E-state index is 0.477. The van der Waals surface area contributed by atoms with E-state index in [1.54, 1.807) is 0 Å². The first-order valence-electron chi connectivity index (χ1n) is 7.35. The summed E-state index contributed by atoms with van der Waals surface area (Å²) < 4.78 is 2.06. The zero-order valence-corrected chi connectivity index (χ0v) is 12.2. The maximum absolute atomic E-state index is 4.41. The number of hydrogen-bond donors (Lipinski definition) is 1. The third kappa shape index (κ3) is 2.77. The Labute approximate surface area is 111 Å². The lowest BCUT2D eigenvalue weighted by Gasteiger charge is -2.34. The molecule has 102 valence electrons. The molecule has 3 unspecified atom stereocenters. The molecule has 0 aromatic carbocycles. The molecular weight excluding hydrogens is 222 g/mol. The van der Waals surface area contributed by atoms with Crippen LogP contribution >= 0.6 is 0 Å². The first-order chi connectivity index (χ1) is 8.63. The van der Waals surface area contributed by atoms with E-state index in [2.05, 4.69) is 42.9 Å². The molecule has 2 rings (SSSR count). The van der Waals surface area contributed by atoms with E-state index in [1.165, 1.54) is 36.9 Å². The van der Waals surface area contributed by atoms with Gasteiger partial charge in [-0.2, -0.15) is 5.10 Å². The highest BCUT2D eigenvalue weighted by Gasteiger charge is 2.29. The summed E-state index contributed by atoms with van der Waals surface area (Å²) in [5.41, 5.74) is 2.71. The minimum Gasteiger partial charge on any atom is -0.309 e. The van der Waals surface area contributed by atoms with Crippen molar-refractivity contribution in [3.8, 4) is 0 Å². The fraction of sp³-hybridized carbons (Fsp3) is 0.800. The fourth-order valence-corrected chi connectivity index (χ4v) is 3.49. The number of rotatable bonds is 4. The molecule has 0 aliphatic heterocycles. The first-order valence-corrected chi connectivity index (χ1v) is 7.35. The topological polar surface area (TPSA) is 29.9 Å². The standard InChI is InChI=1S/C15H27N3/c1-5-16-14(13-8-6-7-11(2)9-13)15-12(3)10-17-18(15)4/h10-11,13-14,16H,5-9H2,1-4H3. The Hall–Kier alpha value is -0.830. The summed E-state index contributed by atoms with van der Waals surface area (Å²) >= 11 is 0. The van der Waals surface area contributed by atoms with Gasteiger partial charge in [0, 0.05) is 7.05 Å². The molecule has 18 heavy (non-hydrogen) atoms. The van der Waals surface area contributed by atoms with Crippen molar-refractivity contribution < 1.29 is 0 Å². The van der Waals surface area contributed by atoms with Crippen molar-refractivity contribution in [3.05, 3.63) is 17.5 Å². The smallest absolute Gasteiger partial charge is 0.0582 e. The highest BCUT2D eigenvalue weighted by Crippen LogP contribution is 2.37. The molecule has 1 saturated carbocycles. The van der Waals surface area contributed by atoms with Crippen LogP contribution in [0.2, 0.25) is 0 Å². The van der Waals surface area contributed by atoms with Gasteiger partial charge in [-0.15, -0.1) is 0 Å². The van der Waals surface area contributed by atoms with E-state index in [0.717, 1.165) is 18.4 Å². The van der Waals surface area contributed by atoms with Crippen molar-refractivity contribution in [2.24, 2.45) is 18.9 Å². The lowest BCUT2D eigenvalue weighted by atomic mass is 9.77. The van der Waals surface area contributed by atoms with Gasteiger partial charge in [0.2, 0.25) is 0 Å². The number of nitrogens with one attached hydrogen (secondary N) is 1. The maximum Gasteiger partial charge on any atom is 0.0582 e. The molecule has 1 aromatic rings. The van der Waals surface area contributed by atoms with Crippen molar-refractivity contribution in [2.75, 3.05) is 6.54 Å². The van der Waals surface area contributed by atoms with Crippen LogP contribution in [0.3, 0.4) is 0 Å². The second-order valence-corrected chi connectivity index (χ2v) is 5.90. The predicted molar refractivity (Wildman–Crippen MR) is 75.5 cm³/mol. The van der Waals surface area contributed by atoms with Gasteiger partial charge in [-0.3, -0.25) is 4.68 Å². The highest BCUT2D eigenvalue weighted by atomic mass is 15.3. The number of nitrogens with zero attached hydrogens (tertiary/aromatic N) is 2. The summed E-state index contributed by atoms with van der Waals surface area (Å²) in [4.78, 5) is 0. The van der Waals surface area contributed by atoms with Crippen molar-refractivity contribution in [1.82, 2.24) is 15.1 Å². The quantitative estimate of drug-likeness (QED) is 0.888. The van der Waals surface area contributed by atoms with Crippen molar-refractivity contribution in [1.29, 1.82) is 0 Å². The van der Waals surface area contributed by atoms with Crippen LogP contribution < -0.4 is 5.32 Å². The van der Waals surface area contributed by atoms with E-state index in [1.807, 2.05) is 6.20 Å². The molecule has 0 saturated heterocycles. The SMILES string of the molecule is CCNC(c1c(C)cnn1C)C1CCCC(C)C1. The van der Waals surface area contributed by atoms with E-state index >= 15 is 0 Å². The van der Waals surface area contributed by atoms with Crippen LogP contribution in [-0.4, -0.2) is 16.3 Å². The Balaban J connectivity index is 2.22. The molecule has 3 heteroatoms. The summed E-state index contributed by atoms with van der Waals surface area (Å²) in [6.07, 6.45) is 7.48. The van der Waals surface area contributed by atoms with Crippen LogP contribution in [0.25, 0.3) is 0 Å². The Bertz CT molecular complexity index is 364. The highest BCUT2D eigenvalue weighted by molar-refractivity contribution is 5.20. The molecule has 0 radical (unpaired) electrons. The van der Waals surface area contributed by atoms with E-state index in [4.69, 9.17) is 0 Å². The zero-order chi connectivity index (χ0) is 13.1. The van der Waals surface area contributed by atoms with E-state index in [-0.39, 0.29) is 0 Å². The molecule has 1 fully saturated rings. The number of aromatic nitrogens is 2. The van der Waals surface area contributed by atoms with E-state index < -0.39 is 0 Å². The van der Waals surface area contributed by atoms with Gasteiger partial charge in [-0.05, 0) is 43.7 Å². The Morgan fingerprint density at radius 3 is 2.83 bits per heavy atom. The van der Waals surface area contributed by atoms with Gasteiger partial charge in [-0.1, -0.05) is 26.7 Å². The van der Waals surface area contributed by atoms with Crippen LogP contribution in [0.1, 0.15) is 56.8 Å². The number of aryl methyl sites for hydroxylation is 2. The first kappa shape index (κ1) is 13.6. The van der Waals surface area contributed by atoms with E-state index in [0.29, 0.717) is 6.04 Å². The Kier molecular flexibility index (Phi) is 4.44. The van der Waals surface area contributed by atoms with Gasteiger partial charge in [0.05, 0.1) is 17.9 Å². The Morgan fingerprint density at radius 1 is 1.50 bits per heavy atom. The average Bonchev–Trinajstić information content (AvgIpc) is 2.67. The van der Waals surface area contributed by atoms with Gasteiger partial charge in [0.15, 0.2) is 0 Å². The van der Waals surface area contributed by atoms with Gasteiger partial charge < -0.3 is 5.32 Å². The summed E-state index contributed by atoms with van der Waals surface area (Å²) in [7, 11) is 2.07. The summed E-state index contributed by atoms with van der Waals surface area (Å²) in [5, 5.41) is 8.11. The third-order valence-corrected chi connectivity index (χ3v) is 4.34. The lowest BCUT2D eigenvalue weighted by molar-refractivity contribution is 0.219. The molecule has 0 spiro atoms. The van der Waals surface area contributed by atoms with Gasteiger partial charge >= 0.3 is 0 Å². The van der Waals surface area contributed by atoms with Crippen LogP contribution in [0, 0.1) is 18.8 Å². The summed E-state index contributed by atoms with van der Waals surface area (Å²) in [6.45, 7) is 7.80. The molecule has 1 heterocycles. The summed E-state index contributed by atoms with van der Waals surface area (Å²) in [5.74, 6) is 1.64. The predicted octanol–water partition coefficient (Wildman–Crippen LogP) is 3.21.